The van der Waals surface area contributed by atoms with Gasteiger partial charge in [-0.15, -0.1) is 11.3 Å². The van der Waals surface area contributed by atoms with Gasteiger partial charge >= 0.3 is 0 Å². The van der Waals surface area contributed by atoms with E-state index in [1.54, 1.807) is 18.0 Å². The number of benzene rings is 2. The van der Waals surface area contributed by atoms with Gasteiger partial charge in [-0.3, -0.25) is 19.7 Å². The smallest absolute Gasteiger partial charge is 0.257 e. The Balaban J connectivity index is 1.22. The summed E-state index contributed by atoms with van der Waals surface area (Å²) in [6.07, 6.45) is 3.59. The second-order valence-electron chi connectivity index (χ2n) is 9.32. The zero-order valence-corrected chi connectivity index (χ0v) is 21.2. The molecule has 5 rings (SSSR count). The van der Waals surface area contributed by atoms with Gasteiger partial charge in [-0.25, -0.2) is 13.8 Å². The van der Waals surface area contributed by atoms with E-state index in [-0.39, 0.29) is 18.5 Å². The number of rotatable bonds is 8. The maximum Gasteiger partial charge on any atom is 0.257 e. The Hall–Kier alpha value is -3.63. The summed E-state index contributed by atoms with van der Waals surface area (Å²) in [5, 5.41) is 7.91. The summed E-state index contributed by atoms with van der Waals surface area (Å²) in [5.74, 6) is -0.234. The number of likely N-dealkylation sites (N-methyl/N-ethyl adjacent to an activating group) is 1. The molecule has 2 heterocycles. The van der Waals surface area contributed by atoms with Crippen LogP contribution in [0.25, 0.3) is 11.1 Å². The minimum atomic E-state index is -2.35. The number of anilines is 2. The van der Waals surface area contributed by atoms with Crippen molar-refractivity contribution in [3.8, 4) is 11.1 Å². The molecule has 2 aromatic heterocycles. The fourth-order valence-corrected chi connectivity index (χ4v) is 5.67. The molecule has 4 aromatic rings. The lowest BCUT2D eigenvalue weighted by atomic mass is 9.96. The summed E-state index contributed by atoms with van der Waals surface area (Å²) in [7, 11) is 1.74. The number of carbonyl (C=O) groups is 1. The zero-order valence-electron chi connectivity index (χ0n) is 20.4. The minimum Gasteiger partial charge on any atom is -0.399 e. The van der Waals surface area contributed by atoms with Crippen molar-refractivity contribution in [1.82, 2.24) is 19.7 Å². The van der Waals surface area contributed by atoms with E-state index in [0.717, 1.165) is 40.1 Å². The quantitative estimate of drug-likeness (QED) is 0.320. The first kappa shape index (κ1) is 25.0. The van der Waals surface area contributed by atoms with Gasteiger partial charge in [-0.1, -0.05) is 24.3 Å². The molecule has 0 radical (unpaired) electrons. The number of halogens is 2. The third kappa shape index (κ3) is 6.03. The number of hydrogen-bond donors (Lipinski definition) is 2. The van der Waals surface area contributed by atoms with Crippen molar-refractivity contribution in [3.05, 3.63) is 82.6 Å². The highest BCUT2D eigenvalue weighted by molar-refractivity contribution is 7.15. The number of hydrogen-bond acceptors (Lipinski definition) is 6. The normalized spacial score (nSPS) is 15.2. The summed E-state index contributed by atoms with van der Waals surface area (Å²) >= 11 is 1.43. The Morgan fingerprint density at radius 3 is 2.84 bits per heavy atom. The van der Waals surface area contributed by atoms with E-state index in [0.29, 0.717) is 29.3 Å². The van der Waals surface area contributed by atoms with Gasteiger partial charge in [0.1, 0.15) is 0 Å². The standard InChI is InChI=1S/C27H28F2N6OS/c1-34(16-25(28)29)22-9-10-23-24(12-22)37-27(32-23)33-26(36)19-4-2-3-17(11-19)14-35-15-20(13-31-35)18-5-7-21(30)8-6-18/h2-8,11,13,15,22,25H,9-10,12,14,16,30H2,1H3,(H,32,33,36). The average molecular weight is 523 g/mol. The highest BCUT2D eigenvalue weighted by Crippen LogP contribution is 2.32. The largest absolute Gasteiger partial charge is 0.399 e. The van der Waals surface area contributed by atoms with Crippen LogP contribution < -0.4 is 11.1 Å². The van der Waals surface area contributed by atoms with E-state index < -0.39 is 6.43 Å². The van der Waals surface area contributed by atoms with Gasteiger partial charge in [0.25, 0.3) is 12.3 Å². The summed E-state index contributed by atoms with van der Waals surface area (Å²) in [5.41, 5.74) is 10.9. The van der Waals surface area contributed by atoms with E-state index in [9.17, 15) is 13.6 Å². The van der Waals surface area contributed by atoms with Crippen LogP contribution in [-0.2, 0) is 19.4 Å². The molecule has 2 aromatic carbocycles. The molecule has 1 aliphatic carbocycles. The third-order valence-corrected chi connectivity index (χ3v) is 7.63. The molecule has 7 nitrogen and oxygen atoms in total. The molecule has 192 valence electrons. The number of nitrogens with two attached hydrogens (primary N) is 1. The van der Waals surface area contributed by atoms with Crippen molar-refractivity contribution in [2.75, 3.05) is 24.6 Å². The van der Waals surface area contributed by atoms with Crippen molar-refractivity contribution in [2.24, 2.45) is 0 Å². The van der Waals surface area contributed by atoms with Gasteiger partial charge in [0, 0.05) is 33.9 Å². The topological polar surface area (TPSA) is 89.1 Å². The monoisotopic (exact) mass is 522 g/mol. The fraction of sp³-hybridized carbons (Fsp3) is 0.296. The molecule has 1 aliphatic rings. The number of nitrogens with zero attached hydrogens (tertiary/aromatic N) is 4. The molecular formula is C27H28F2N6OS. The first-order valence-corrected chi connectivity index (χ1v) is 12.9. The van der Waals surface area contributed by atoms with Crippen molar-refractivity contribution in [3.63, 3.8) is 0 Å². The molecule has 1 unspecified atom stereocenters. The van der Waals surface area contributed by atoms with Crippen molar-refractivity contribution < 1.29 is 13.6 Å². The predicted molar refractivity (Wildman–Crippen MR) is 142 cm³/mol. The number of nitrogen functional groups attached to an aromatic ring is 1. The van der Waals surface area contributed by atoms with E-state index in [1.807, 2.05) is 59.5 Å². The van der Waals surface area contributed by atoms with Crippen LogP contribution in [0.15, 0.2) is 60.9 Å². The molecule has 0 saturated heterocycles. The number of amides is 1. The van der Waals surface area contributed by atoms with Crippen LogP contribution in [0.2, 0.25) is 0 Å². The van der Waals surface area contributed by atoms with Crippen LogP contribution >= 0.6 is 11.3 Å². The molecule has 0 aliphatic heterocycles. The first-order chi connectivity index (χ1) is 17.8. The molecule has 10 heteroatoms. The van der Waals surface area contributed by atoms with E-state index in [1.165, 1.54) is 11.3 Å². The molecule has 0 fully saturated rings. The van der Waals surface area contributed by atoms with E-state index >= 15 is 0 Å². The van der Waals surface area contributed by atoms with Gasteiger partial charge in [0.15, 0.2) is 5.13 Å². The summed E-state index contributed by atoms with van der Waals surface area (Å²) in [4.78, 5) is 20.3. The van der Waals surface area contributed by atoms with Crippen LogP contribution in [0.4, 0.5) is 19.6 Å². The summed E-state index contributed by atoms with van der Waals surface area (Å²) in [6.45, 7) is 0.287. The second kappa shape index (κ2) is 10.8. The number of alkyl halides is 2. The van der Waals surface area contributed by atoms with Crippen molar-refractivity contribution >= 4 is 28.1 Å². The summed E-state index contributed by atoms with van der Waals surface area (Å²) < 4.78 is 27.4. The van der Waals surface area contributed by atoms with Crippen LogP contribution in [0.3, 0.4) is 0 Å². The van der Waals surface area contributed by atoms with Crippen molar-refractivity contribution in [2.45, 2.75) is 38.3 Å². The minimum absolute atomic E-state index is 0.0602. The second-order valence-corrected chi connectivity index (χ2v) is 10.4. The molecule has 0 spiro atoms. The van der Waals surface area contributed by atoms with Gasteiger partial charge < -0.3 is 5.73 Å². The highest BCUT2D eigenvalue weighted by atomic mass is 32.1. The Labute approximate surface area is 217 Å². The lowest BCUT2D eigenvalue weighted by molar-refractivity contribution is 0.0772. The Kier molecular flexibility index (Phi) is 7.29. The van der Waals surface area contributed by atoms with Gasteiger partial charge in [-0.2, -0.15) is 5.10 Å². The predicted octanol–water partition coefficient (Wildman–Crippen LogP) is 4.94. The lowest BCUT2D eigenvalue weighted by Crippen LogP contribution is -2.38. The zero-order chi connectivity index (χ0) is 25.9. The Bertz CT molecular complexity index is 1380. The van der Waals surface area contributed by atoms with Crippen LogP contribution in [0.1, 0.15) is 32.9 Å². The molecule has 1 amide bonds. The number of aromatic nitrogens is 3. The molecule has 0 saturated carbocycles. The van der Waals surface area contributed by atoms with Gasteiger partial charge in [0.05, 0.1) is 25.0 Å². The number of thiazole rings is 1. The number of carbonyl (C=O) groups excluding carboxylic acids is 1. The fourth-order valence-electron chi connectivity index (χ4n) is 4.60. The third-order valence-electron chi connectivity index (χ3n) is 6.59. The number of nitrogens with one attached hydrogen (secondary N) is 1. The van der Waals surface area contributed by atoms with Crippen LogP contribution in [-0.4, -0.2) is 51.6 Å². The highest BCUT2D eigenvalue weighted by Gasteiger charge is 2.27. The molecular weight excluding hydrogens is 494 g/mol. The summed E-state index contributed by atoms with van der Waals surface area (Å²) in [6, 6.07) is 15.1. The SMILES string of the molecule is CN(CC(F)F)C1CCc2nc(NC(=O)c3cccc(Cn4cc(-c5ccc(N)cc5)cn4)c3)sc2C1. The molecule has 1 atom stereocenters. The number of fused-ring (bicyclic) bond motifs is 1. The van der Waals surface area contributed by atoms with E-state index in [2.05, 4.69) is 15.4 Å². The Morgan fingerprint density at radius 2 is 2.05 bits per heavy atom. The Morgan fingerprint density at radius 1 is 1.24 bits per heavy atom. The van der Waals surface area contributed by atoms with Crippen LogP contribution in [0, 0.1) is 0 Å². The maximum atomic E-state index is 13.0. The average Bonchev–Trinajstić information content (AvgIpc) is 3.50. The molecule has 3 N–H and O–H groups in total. The number of aryl methyl sites for hydroxylation is 1. The van der Waals surface area contributed by atoms with Crippen molar-refractivity contribution in [1.29, 1.82) is 0 Å². The maximum absolute atomic E-state index is 13.0. The lowest BCUT2D eigenvalue weighted by Gasteiger charge is -2.30. The van der Waals surface area contributed by atoms with Gasteiger partial charge in [0.2, 0.25) is 0 Å². The molecule has 37 heavy (non-hydrogen) atoms. The first-order valence-electron chi connectivity index (χ1n) is 12.1. The van der Waals surface area contributed by atoms with Gasteiger partial charge in [-0.05, 0) is 61.7 Å². The molecule has 0 bridgehead atoms. The van der Waals surface area contributed by atoms with E-state index in [4.69, 9.17) is 5.73 Å². The van der Waals surface area contributed by atoms with Crippen LogP contribution in [0.5, 0.6) is 0 Å².